The van der Waals surface area contributed by atoms with Crippen molar-refractivity contribution in [3.63, 3.8) is 0 Å². The highest BCUT2D eigenvalue weighted by molar-refractivity contribution is 7.15. The molecule has 4 N–H and O–H groups in total. The summed E-state index contributed by atoms with van der Waals surface area (Å²) in [5, 5.41) is 11.8. The highest BCUT2D eigenvalue weighted by atomic mass is 32.1. The normalized spacial score (nSPS) is 12.7. The third kappa shape index (κ3) is 2.91. The summed E-state index contributed by atoms with van der Waals surface area (Å²) >= 11 is 1.30. The van der Waals surface area contributed by atoms with Gasteiger partial charge in [-0.2, -0.15) is 0 Å². The van der Waals surface area contributed by atoms with Crippen LogP contribution in [0.25, 0.3) is 0 Å². The van der Waals surface area contributed by atoms with Crippen molar-refractivity contribution < 1.29 is 9.90 Å². The summed E-state index contributed by atoms with van der Waals surface area (Å²) in [5.74, 6) is -0.887. The van der Waals surface area contributed by atoms with Gasteiger partial charge in [-0.25, -0.2) is 4.98 Å². The van der Waals surface area contributed by atoms with Gasteiger partial charge in [0.2, 0.25) is 0 Å². The van der Waals surface area contributed by atoms with E-state index in [4.69, 9.17) is 10.8 Å². The third-order valence-electron chi connectivity index (χ3n) is 1.48. The van der Waals surface area contributed by atoms with Crippen LogP contribution in [-0.2, 0) is 11.2 Å². The molecule has 0 aliphatic heterocycles. The highest BCUT2D eigenvalue weighted by Crippen LogP contribution is 2.16. The maximum atomic E-state index is 10.6. The van der Waals surface area contributed by atoms with Crippen molar-refractivity contribution in [3.05, 3.63) is 11.1 Å². The minimum absolute atomic E-state index is 0.397. The predicted octanol–water partition coefficient (Wildman–Crippen LogP) is 0.101. The van der Waals surface area contributed by atoms with Crippen LogP contribution in [0.4, 0.5) is 5.13 Å². The van der Waals surface area contributed by atoms with Crippen LogP contribution < -0.4 is 10.8 Å². The van der Waals surface area contributed by atoms with Crippen molar-refractivity contribution in [2.24, 2.45) is 0 Å². The van der Waals surface area contributed by atoms with Crippen LogP contribution in [0.1, 0.15) is 4.88 Å². The Morgan fingerprint density at radius 3 is 3.00 bits per heavy atom. The van der Waals surface area contributed by atoms with E-state index in [0.29, 0.717) is 11.6 Å². The van der Waals surface area contributed by atoms with Crippen LogP contribution in [0.2, 0.25) is 0 Å². The van der Waals surface area contributed by atoms with Gasteiger partial charge in [-0.05, 0) is 0 Å². The number of carbonyl (C=O) groups is 1. The number of hydrogen-bond donors (Lipinski definition) is 3. The fourth-order valence-electron chi connectivity index (χ4n) is 0.836. The molecule has 0 spiro atoms. The number of thiazole rings is 1. The number of carboxylic acids is 1. The fraction of sp³-hybridized carbons (Fsp3) is 0.333. The Kier molecular flexibility index (Phi) is 3.59. The van der Waals surface area contributed by atoms with Gasteiger partial charge >= 0.3 is 5.97 Å². The molecule has 1 aromatic heterocycles. The van der Waals surface area contributed by atoms with Gasteiger partial charge in [0.1, 0.15) is 6.04 Å². The minimum Gasteiger partial charge on any atom is -0.480 e. The number of carboxylic acid groups (broad SMARTS) is 1. The van der Waals surface area contributed by atoms with E-state index in [9.17, 15) is 4.79 Å². The number of rotatable bonds is 4. The zero-order valence-electron chi connectivity index (χ0n) is 6.73. The Labute approximate surface area is 81.6 Å². The van der Waals surface area contributed by atoms with Crippen molar-refractivity contribution in [2.75, 3.05) is 5.73 Å². The van der Waals surface area contributed by atoms with Crippen LogP contribution in [0.3, 0.4) is 0 Å². The number of nitrogen functional groups attached to an aromatic ring is 1. The van der Waals surface area contributed by atoms with Crippen molar-refractivity contribution in [1.82, 2.24) is 10.1 Å². The lowest BCUT2D eigenvalue weighted by Crippen LogP contribution is -2.31. The van der Waals surface area contributed by atoms with Gasteiger partial charge in [0.25, 0.3) is 0 Å². The molecule has 0 saturated carbocycles. The molecule has 0 saturated heterocycles. The smallest absolute Gasteiger partial charge is 0.321 e. The molecule has 0 radical (unpaired) electrons. The molecule has 0 amide bonds. The van der Waals surface area contributed by atoms with E-state index in [0.717, 1.165) is 4.88 Å². The van der Waals surface area contributed by atoms with Crippen molar-refractivity contribution >= 4 is 31.8 Å². The SMILES string of the molecule is Nc1ncc(CC(NP)C(=O)O)s1. The standard InChI is InChI=1S/C6H10N3O2PS/c7-6-8-2-3(13-6)1-4(9-12)5(10)11/h2,4,9H,1,12H2,(H2,7,8)(H,10,11). The molecule has 0 aromatic carbocycles. The maximum Gasteiger partial charge on any atom is 0.321 e. The van der Waals surface area contributed by atoms with Crippen LogP contribution in [0.5, 0.6) is 0 Å². The Balaban J connectivity index is 2.61. The first kappa shape index (κ1) is 10.4. The van der Waals surface area contributed by atoms with Gasteiger partial charge < -0.3 is 10.8 Å². The molecule has 2 atom stereocenters. The number of nitrogens with one attached hydrogen (secondary N) is 1. The van der Waals surface area contributed by atoms with Gasteiger partial charge in [-0.3, -0.25) is 9.88 Å². The molecule has 72 valence electrons. The first-order valence-electron chi connectivity index (χ1n) is 3.52. The Bertz CT molecular complexity index is 304. The molecule has 1 rings (SSSR count). The largest absolute Gasteiger partial charge is 0.480 e. The Hall–Kier alpha value is -0.710. The van der Waals surface area contributed by atoms with Gasteiger partial charge in [0.15, 0.2) is 5.13 Å². The second kappa shape index (κ2) is 4.50. The monoisotopic (exact) mass is 219 g/mol. The first-order valence-corrected chi connectivity index (χ1v) is 4.92. The summed E-state index contributed by atoms with van der Waals surface area (Å²) in [6, 6.07) is -0.607. The van der Waals surface area contributed by atoms with Crippen molar-refractivity contribution in [1.29, 1.82) is 0 Å². The molecule has 1 aromatic rings. The summed E-state index contributed by atoms with van der Waals surface area (Å²) in [5.41, 5.74) is 5.41. The minimum atomic E-state index is -0.887. The zero-order chi connectivity index (χ0) is 9.84. The summed E-state index contributed by atoms with van der Waals surface area (Å²) < 4.78 is 0. The van der Waals surface area contributed by atoms with E-state index < -0.39 is 12.0 Å². The average molecular weight is 219 g/mol. The van der Waals surface area contributed by atoms with Crippen LogP contribution in [0.15, 0.2) is 6.20 Å². The Morgan fingerprint density at radius 1 is 1.92 bits per heavy atom. The van der Waals surface area contributed by atoms with Crippen LogP contribution >= 0.6 is 20.7 Å². The number of aromatic nitrogens is 1. The summed E-state index contributed by atoms with van der Waals surface area (Å²) in [4.78, 5) is 15.3. The summed E-state index contributed by atoms with van der Waals surface area (Å²) in [7, 11) is 2.19. The van der Waals surface area contributed by atoms with Gasteiger partial charge in [-0.15, -0.1) is 11.3 Å². The molecule has 5 nitrogen and oxygen atoms in total. The highest BCUT2D eigenvalue weighted by Gasteiger charge is 2.16. The van der Waals surface area contributed by atoms with Gasteiger partial charge in [0, 0.05) is 17.5 Å². The first-order chi connectivity index (χ1) is 6.13. The van der Waals surface area contributed by atoms with E-state index in [1.165, 1.54) is 11.3 Å². The third-order valence-corrected chi connectivity index (χ3v) is 2.73. The zero-order valence-corrected chi connectivity index (χ0v) is 8.70. The van der Waals surface area contributed by atoms with Crippen molar-refractivity contribution in [3.8, 4) is 0 Å². The topological polar surface area (TPSA) is 88.2 Å². The lowest BCUT2D eigenvalue weighted by atomic mass is 10.2. The lowest BCUT2D eigenvalue weighted by Gasteiger charge is -2.07. The second-order valence-electron chi connectivity index (χ2n) is 2.43. The molecule has 13 heavy (non-hydrogen) atoms. The molecule has 0 aliphatic rings. The molecule has 0 fully saturated rings. The molecule has 2 unspecified atom stereocenters. The van der Waals surface area contributed by atoms with E-state index in [1.54, 1.807) is 6.20 Å². The Morgan fingerprint density at radius 2 is 2.62 bits per heavy atom. The quantitative estimate of drug-likeness (QED) is 0.625. The van der Waals surface area contributed by atoms with E-state index in [1.807, 2.05) is 0 Å². The average Bonchev–Trinajstić information content (AvgIpc) is 2.46. The molecule has 7 heteroatoms. The second-order valence-corrected chi connectivity index (χ2v) is 3.91. The predicted molar refractivity (Wildman–Crippen MR) is 54.5 cm³/mol. The lowest BCUT2D eigenvalue weighted by molar-refractivity contribution is -0.138. The maximum absolute atomic E-state index is 10.6. The summed E-state index contributed by atoms with van der Waals surface area (Å²) in [6.45, 7) is 0. The number of aliphatic carboxylic acids is 1. The number of anilines is 1. The van der Waals surface area contributed by atoms with E-state index in [2.05, 4.69) is 19.5 Å². The molecule has 1 heterocycles. The number of nitrogens with two attached hydrogens (primary N) is 1. The fourth-order valence-corrected chi connectivity index (χ4v) is 1.83. The van der Waals surface area contributed by atoms with E-state index >= 15 is 0 Å². The number of nitrogens with zero attached hydrogens (tertiary/aromatic N) is 1. The van der Waals surface area contributed by atoms with Crippen LogP contribution in [0, 0.1) is 0 Å². The van der Waals surface area contributed by atoms with Gasteiger partial charge in [0.05, 0.1) is 0 Å². The van der Waals surface area contributed by atoms with Crippen LogP contribution in [-0.4, -0.2) is 22.1 Å². The molecule has 0 bridgehead atoms. The van der Waals surface area contributed by atoms with E-state index in [-0.39, 0.29) is 0 Å². The molecular weight excluding hydrogens is 209 g/mol. The summed E-state index contributed by atoms with van der Waals surface area (Å²) in [6.07, 6.45) is 1.99. The molecule has 0 aliphatic carbocycles. The van der Waals surface area contributed by atoms with Gasteiger partial charge in [-0.1, -0.05) is 9.39 Å². The number of hydrogen-bond acceptors (Lipinski definition) is 5. The molecular formula is C6H10N3O2PS. The van der Waals surface area contributed by atoms with Crippen molar-refractivity contribution in [2.45, 2.75) is 12.5 Å².